The molecule has 0 spiro atoms. The number of fused-ring (bicyclic) bond motifs is 2. The zero-order valence-corrected chi connectivity index (χ0v) is 21.8. The predicted octanol–water partition coefficient (Wildman–Crippen LogP) is 3.52. The highest BCUT2D eigenvalue weighted by Crippen LogP contribution is 2.36. The van der Waals surface area contributed by atoms with E-state index in [1.807, 2.05) is 36.0 Å². The average Bonchev–Trinajstić information content (AvgIpc) is 3.47. The van der Waals surface area contributed by atoms with Gasteiger partial charge < -0.3 is 19.3 Å². The Kier molecular flexibility index (Phi) is 7.43. The molecule has 3 heterocycles. The zero-order valence-electron chi connectivity index (χ0n) is 20.2. The number of hydrogen-bond acceptors (Lipinski definition) is 8. The first-order chi connectivity index (χ1) is 16.9. The molecule has 0 aliphatic carbocycles. The predicted molar refractivity (Wildman–Crippen MR) is 138 cm³/mol. The number of anilines is 1. The van der Waals surface area contributed by atoms with E-state index in [0.29, 0.717) is 29.7 Å². The van der Waals surface area contributed by atoms with E-state index in [2.05, 4.69) is 20.3 Å². The molecule has 1 aliphatic heterocycles. The second-order valence-corrected chi connectivity index (χ2v) is 10.00. The Labute approximate surface area is 215 Å². The summed E-state index contributed by atoms with van der Waals surface area (Å²) in [6.45, 7) is 4.22. The van der Waals surface area contributed by atoms with Gasteiger partial charge in [-0.1, -0.05) is 18.1 Å². The van der Waals surface area contributed by atoms with Crippen LogP contribution in [0, 0.1) is 0 Å². The number of ether oxygens (including phenoxy) is 2. The molecular weight excluding hydrogens is 506 g/mol. The van der Waals surface area contributed by atoms with E-state index in [-0.39, 0.29) is 28.9 Å². The van der Waals surface area contributed by atoms with Crippen molar-refractivity contribution in [1.82, 2.24) is 20.3 Å². The molecule has 2 aromatic carbocycles. The van der Waals surface area contributed by atoms with Crippen molar-refractivity contribution in [2.24, 2.45) is 0 Å². The molecule has 0 unspecified atom stereocenters. The quantitative estimate of drug-likeness (QED) is 0.353. The van der Waals surface area contributed by atoms with Gasteiger partial charge in [0, 0.05) is 30.8 Å². The van der Waals surface area contributed by atoms with E-state index in [0.717, 1.165) is 30.6 Å². The van der Waals surface area contributed by atoms with Crippen molar-refractivity contribution in [2.75, 3.05) is 25.5 Å². The van der Waals surface area contributed by atoms with Gasteiger partial charge in [-0.2, -0.15) is 5.10 Å². The van der Waals surface area contributed by atoms with Crippen LogP contribution in [0.4, 0.5) is 5.82 Å². The lowest BCUT2D eigenvalue weighted by atomic mass is 10.1. The van der Waals surface area contributed by atoms with Crippen molar-refractivity contribution >= 4 is 39.2 Å². The summed E-state index contributed by atoms with van der Waals surface area (Å²) in [4.78, 5) is 0.0315. The first-order valence-electron chi connectivity index (χ1n) is 11.3. The van der Waals surface area contributed by atoms with Crippen molar-refractivity contribution < 1.29 is 22.4 Å². The first-order valence-corrected chi connectivity index (χ1v) is 12.8. The fourth-order valence-electron chi connectivity index (χ4n) is 4.37. The fraction of sp³-hybridized carbons (Fsp3) is 0.333. The Hall–Kier alpha value is -3.28. The molecule has 0 saturated heterocycles. The van der Waals surface area contributed by atoms with Crippen molar-refractivity contribution in [1.29, 1.82) is 0 Å². The van der Waals surface area contributed by atoms with Gasteiger partial charge >= 0.3 is 0 Å². The van der Waals surface area contributed by atoms with E-state index in [1.165, 1.54) is 25.5 Å². The highest BCUT2D eigenvalue weighted by Gasteiger charge is 2.25. The number of aromatic nitrogens is 3. The van der Waals surface area contributed by atoms with Crippen LogP contribution in [0.3, 0.4) is 0 Å². The zero-order chi connectivity index (χ0) is 24.6. The van der Waals surface area contributed by atoms with Crippen molar-refractivity contribution in [2.45, 2.75) is 37.8 Å². The maximum atomic E-state index is 13.3. The van der Waals surface area contributed by atoms with Crippen LogP contribution in [0.2, 0.25) is 0 Å². The number of benzene rings is 2. The summed E-state index contributed by atoms with van der Waals surface area (Å²) in [6, 6.07) is 8.76. The minimum absolute atomic E-state index is 0. The summed E-state index contributed by atoms with van der Waals surface area (Å²) in [6.07, 6.45) is 3.48. The fourth-order valence-corrected chi connectivity index (χ4v) is 5.60. The summed E-state index contributed by atoms with van der Waals surface area (Å²) >= 11 is 0. The SMILES string of the molecule is CCc1ccc(OC)c(S(=O)(=O)Nc2noc3cc(Cn4ncc5c4CCNC5)cc(OC)c23)c1.Cl. The topological polar surface area (TPSA) is 121 Å². The lowest BCUT2D eigenvalue weighted by Crippen LogP contribution is -2.24. The van der Waals surface area contributed by atoms with Crippen LogP contribution in [-0.4, -0.2) is 44.1 Å². The van der Waals surface area contributed by atoms with Crippen LogP contribution in [0.25, 0.3) is 11.0 Å². The van der Waals surface area contributed by atoms with Crippen LogP contribution in [0.1, 0.15) is 29.3 Å². The summed E-state index contributed by atoms with van der Waals surface area (Å²) in [5, 5.41) is 12.3. The van der Waals surface area contributed by atoms with E-state index in [4.69, 9.17) is 14.0 Å². The average molecular weight is 534 g/mol. The van der Waals surface area contributed by atoms with Gasteiger partial charge in [-0.3, -0.25) is 9.40 Å². The molecule has 36 heavy (non-hydrogen) atoms. The smallest absolute Gasteiger partial charge is 0.266 e. The second-order valence-electron chi connectivity index (χ2n) is 8.35. The summed E-state index contributed by atoms with van der Waals surface area (Å²) < 4.78 is 47.5. The van der Waals surface area contributed by atoms with Gasteiger partial charge in [0.1, 0.15) is 21.8 Å². The summed E-state index contributed by atoms with van der Waals surface area (Å²) in [5.74, 6) is 0.748. The molecule has 0 fully saturated rings. The van der Waals surface area contributed by atoms with E-state index < -0.39 is 10.0 Å². The molecule has 10 nitrogen and oxygen atoms in total. The molecule has 2 N–H and O–H groups in total. The number of halogens is 1. The Morgan fingerprint density at radius 3 is 2.69 bits per heavy atom. The van der Waals surface area contributed by atoms with E-state index in [1.54, 1.807) is 12.1 Å². The van der Waals surface area contributed by atoms with Crippen molar-refractivity contribution in [3.63, 3.8) is 0 Å². The monoisotopic (exact) mass is 533 g/mol. The molecule has 0 bridgehead atoms. The highest BCUT2D eigenvalue weighted by atomic mass is 35.5. The molecule has 4 aromatic rings. The Morgan fingerprint density at radius 2 is 1.94 bits per heavy atom. The highest BCUT2D eigenvalue weighted by molar-refractivity contribution is 7.92. The van der Waals surface area contributed by atoms with Crippen molar-refractivity contribution in [3.8, 4) is 11.5 Å². The van der Waals surface area contributed by atoms with Crippen LogP contribution < -0.4 is 19.5 Å². The van der Waals surface area contributed by atoms with Gasteiger partial charge in [-0.05, 0) is 41.8 Å². The molecule has 2 aromatic heterocycles. The molecule has 0 amide bonds. The minimum Gasteiger partial charge on any atom is -0.496 e. The molecule has 12 heteroatoms. The van der Waals surface area contributed by atoms with Crippen molar-refractivity contribution in [3.05, 3.63) is 58.9 Å². The maximum absolute atomic E-state index is 13.3. The number of nitrogens with zero attached hydrogens (tertiary/aromatic N) is 3. The number of sulfonamides is 1. The summed E-state index contributed by atoms with van der Waals surface area (Å²) in [7, 11) is -1.05. The van der Waals surface area contributed by atoms with Gasteiger partial charge in [0.2, 0.25) is 0 Å². The summed E-state index contributed by atoms with van der Waals surface area (Å²) in [5.41, 5.74) is 4.59. The molecular formula is C24H28ClN5O5S. The number of hydrogen-bond donors (Lipinski definition) is 2. The third kappa shape index (κ3) is 4.73. The minimum atomic E-state index is -4.01. The molecule has 1 aliphatic rings. The number of nitrogens with one attached hydrogen (secondary N) is 2. The molecule has 192 valence electrons. The van der Waals surface area contributed by atoms with Gasteiger partial charge in [-0.25, -0.2) is 8.42 Å². The third-order valence-corrected chi connectivity index (χ3v) is 7.56. The second kappa shape index (κ2) is 10.4. The number of aryl methyl sites for hydroxylation is 1. The molecule has 5 rings (SSSR count). The van der Waals surface area contributed by atoms with E-state index in [9.17, 15) is 8.42 Å². The molecule has 0 atom stereocenters. The lowest BCUT2D eigenvalue weighted by molar-refractivity contribution is 0.402. The van der Waals surface area contributed by atoms with Gasteiger partial charge in [0.05, 0.1) is 27.0 Å². The van der Waals surface area contributed by atoms with Crippen LogP contribution >= 0.6 is 12.4 Å². The van der Waals surface area contributed by atoms with Gasteiger partial charge in [-0.15, -0.1) is 12.4 Å². The van der Waals surface area contributed by atoms with Crippen LogP contribution in [0.5, 0.6) is 11.5 Å². The molecule has 0 radical (unpaired) electrons. The Bertz CT molecular complexity index is 1500. The van der Waals surface area contributed by atoms with Crippen LogP contribution in [-0.2, 0) is 36.0 Å². The molecule has 0 saturated carbocycles. The number of rotatable bonds is 8. The standard InChI is InChI=1S/C24H27N5O5S.ClH/c1-4-15-5-6-19(32-2)22(11-15)35(30,31)28-24-23-20(33-3)9-16(10-21(23)34-27-24)14-29-18-7-8-25-12-17(18)13-26-29;/h5-6,9-11,13,25H,4,7-8,12,14H2,1-3H3,(H,27,28);1H. The maximum Gasteiger partial charge on any atom is 0.266 e. The van der Waals surface area contributed by atoms with Gasteiger partial charge in [0.25, 0.3) is 10.0 Å². The number of methoxy groups -OCH3 is 2. The third-order valence-electron chi connectivity index (χ3n) is 6.20. The Balaban J connectivity index is 0.00000304. The van der Waals surface area contributed by atoms with E-state index >= 15 is 0 Å². The van der Waals surface area contributed by atoms with Gasteiger partial charge in [0.15, 0.2) is 11.4 Å². The Morgan fingerprint density at radius 1 is 1.14 bits per heavy atom. The largest absolute Gasteiger partial charge is 0.496 e. The normalized spacial score (nSPS) is 13.2. The lowest BCUT2D eigenvalue weighted by Gasteiger charge is -2.15. The first kappa shape index (κ1) is 25.8. The van der Waals surface area contributed by atoms with Crippen LogP contribution in [0.15, 0.2) is 45.9 Å².